The minimum Gasteiger partial charge on any atom is -0.461 e. The van der Waals surface area contributed by atoms with Crippen molar-refractivity contribution in [3.05, 3.63) is 53.2 Å². The summed E-state index contributed by atoms with van der Waals surface area (Å²) in [5.74, 6) is 1.16. The van der Waals surface area contributed by atoms with Crippen LogP contribution in [-0.4, -0.2) is 17.0 Å². The Kier molecular flexibility index (Phi) is 5.00. The highest BCUT2D eigenvalue weighted by atomic mass is 16.5. The molecule has 3 rings (SSSR count). The molecular weight excluding hydrogens is 304 g/mol. The van der Waals surface area contributed by atoms with Gasteiger partial charge < -0.3 is 14.9 Å². The van der Waals surface area contributed by atoms with Crippen molar-refractivity contribution in [2.24, 2.45) is 11.7 Å². The minimum atomic E-state index is -0.198. The molecule has 0 saturated heterocycles. The van der Waals surface area contributed by atoms with Crippen LogP contribution in [0.15, 0.2) is 34.9 Å². The normalized spacial score (nSPS) is 23.9. The Balaban J connectivity index is 1.61. The lowest BCUT2D eigenvalue weighted by Gasteiger charge is -2.30. The Morgan fingerprint density at radius 3 is 2.88 bits per heavy atom. The van der Waals surface area contributed by atoms with Crippen LogP contribution < -0.4 is 5.73 Å². The van der Waals surface area contributed by atoms with Crippen molar-refractivity contribution in [2.75, 3.05) is 0 Å². The summed E-state index contributed by atoms with van der Waals surface area (Å²) in [6.45, 7) is 4.19. The first kappa shape index (κ1) is 16.7. The second-order valence-electron chi connectivity index (χ2n) is 6.77. The molecule has 1 aliphatic rings. The van der Waals surface area contributed by atoms with Gasteiger partial charge in [-0.2, -0.15) is 0 Å². The largest absolute Gasteiger partial charge is 0.461 e. The second-order valence-corrected chi connectivity index (χ2v) is 6.77. The summed E-state index contributed by atoms with van der Waals surface area (Å²) >= 11 is 0. The van der Waals surface area contributed by atoms with Gasteiger partial charge >= 0.3 is 5.97 Å². The summed E-state index contributed by atoms with van der Waals surface area (Å²) in [6, 6.07) is 7.95. The van der Waals surface area contributed by atoms with Crippen molar-refractivity contribution >= 4 is 5.97 Å². The van der Waals surface area contributed by atoms with Gasteiger partial charge in [-0.3, -0.25) is 4.79 Å². The maximum atomic E-state index is 12.5. The van der Waals surface area contributed by atoms with Crippen molar-refractivity contribution < 1.29 is 13.9 Å². The topological polar surface area (TPSA) is 78.4 Å². The lowest BCUT2D eigenvalue weighted by atomic mass is 9.79. The quantitative estimate of drug-likeness (QED) is 0.872. The highest BCUT2D eigenvalue weighted by Crippen LogP contribution is 2.36. The number of carbonyl (C=O) groups is 1. The number of benzene rings is 1. The number of hydrogen-bond donors (Lipinski definition) is 1. The van der Waals surface area contributed by atoms with Gasteiger partial charge in [0.05, 0.1) is 12.1 Å². The molecule has 1 saturated carbocycles. The van der Waals surface area contributed by atoms with Crippen LogP contribution in [-0.2, 0) is 16.1 Å². The Hall–Kier alpha value is -2.14. The Bertz CT molecular complexity index is 710. The number of aromatic nitrogens is 1. The molecule has 24 heavy (non-hydrogen) atoms. The smallest absolute Gasteiger partial charge is 0.309 e. The molecule has 0 amide bonds. The number of rotatable bonds is 4. The Morgan fingerprint density at radius 1 is 1.33 bits per heavy atom. The zero-order valence-corrected chi connectivity index (χ0v) is 14.2. The number of hydrogen-bond acceptors (Lipinski definition) is 5. The molecule has 128 valence electrons. The van der Waals surface area contributed by atoms with E-state index < -0.39 is 0 Å². The van der Waals surface area contributed by atoms with Gasteiger partial charge in [-0.1, -0.05) is 29.8 Å². The van der Waals surface area contributed by atoms with E-state index in [9.17, 15) is 4.79 Å². The van der Waals surface area contributed by atoms with E-state index in [1.54, 1.807) is 6.20 Å². The molecule has 1 aromatic heterocycles. The zero-order chi connectivity index (χ0) is 17.1. The van der Waals surface area contributed by atoms with Gasteiger partial charge in [-0.05, 0) is 38.7 Å². The van der Waals surface area contributed by atoms with Crippen LogP contribution in [0.4, 0.5) is 0 Å². The number of nitrogens with zero attached hydrogens (tertiary/aromatic N) is 1. The zero-order valence-electron chi connectivity index (χ0n) is 14.2. The molecule has 5 heteroatoms. The average molecular weight is 328 g/mol. The molecule has 0 spiro atoms. The van der Waals surface area contributed by atoms with E-state index in [1.165, 1.54) is 0 Å². The van der Waals surface area contributed by atoms with E-state index in [-0.39, 0.29) is 23.8 Å². The lowest BCUT2D eigenvalue weighted by Crippen LogP contribution is -2.36. The Morgan fingerprint density at radius 2 is 2.17 bits per heavy atom. The fourth-order valence-corrected chi connectivity index (χ4v) is 3.39. The van der Waals surface area contributed by atoms with Crippen LogP contribution in [0.3, 0.4) is 0 Å². The number of aryl methyl sites for hydroxylation is 2. The number of carbonyl (C=O) groups excluding carboxylic acids is 1. The van der Waals surface area contributed by atoms with E-state index in [4.69, 9.17) is 14.9 Å². The molecular formula is C19H24N2O3. The molecule has 1 aliphatic carbocycles. The predicted molar refractivity (Wildman–Crippen MR) is 90.3 cm³/mol. The van der Waals surface area contributed by atoms with E-state index in [0.29, 0.717) is 25.3 Å². The molecule has 2 aromatic rings. The monoisotopic (exact) mass is 328 g/mol. The molecule has 1 heterocycles. The van der Waals surface area contributed by atoms with Crippen molar-refractivity contribution in [3.63, 3.8) is 0 Å². The molecule has 1 fully saturated rings. The summed E-state index contributed by atoms with van der Waals surface area (Å²) in [4.78, 5) is 16.8. The summed E-state index contributed by atoms with van der Waals surface area (Å²) < 4.78 is 11.1. The number of nitrogens with two attached hydrogens (primary N) is 1. The molecule has 1 aromatic carbocycles. The minimum absolute atomic E-state index is 0.0347. The summed E-state index contributed by atoms with van der Waals surface area (Å²) in [5, 5.41) is 0. The van der Waals surface area contributed by atoms with Gasteiger partial charge in [0.25, 0.3) is 0 Å². The third-order valence-corrected chi connectivity index (χ3v) is 4.53. The molecule has 0 bridgehead atoms. The van der Waals surface area contributed by atoms with Crippen molar-refractivity contribution in [1.82, 2.24) is 4.98 Å². The van der Waals surface area contributed by atoms with Gasteiger partial charge in [0.2, 0.25) is 0 Å². The van der Waals surface area contributed by atoms with E-state index in [2.05, 4.69) is 4.98 Å². The van der Waals surface area contributed by atoms with Crippen LogP contribution in [0, 0.1) is 19.8 Å². The highest BCUT2D eigenvalue weighted by molar-refractivity contribution is 5.72. The first-order valence-electron chi connectivity index (χ1n) is 8.41. The van der Waals surface area contributed by atoms with E-state index in [1.807, 2.05) is 38.1 Å². The number of oxazole rings is 1. The van der Waals surface area contributed by atoms with Gasteiger partial charge in [0, 0.05) is 12.0 Å². The maximum absolute atomic E-state index is 12.5. The fourth-order valence-electron chi connectivity index (χ4n) is 3.39. The van der Waals surface area contributed by atoms with Gasteiger partial charge in [-0.25, -0.2) is 4.98 Å². The van der Waals surface area contributed by atoms with Crippen LogP contribution in [0.2, 0.25) is 0 Å². The molecule has 5 nitrogen and oxygen atoms in total. The summed E-state index contributed by atoms with van der Waals surface area (Å²) in [7, 11) is 0. The van der Waals surface area contributed by atoms with Gasteiger partial charge in [0.15, 0.2) is 5.89 Å². The van der Waals surface area contributed by atoms with E-state index >= 15 is 0 Å². The van der Waals surface area contributed by atoms with Crippen molar-refractivity contribution in [1.29, 1.82) is 0 Å². The SMILES string of the molecule is Cc1cccc(COC(=O)C2C[C@@H](N)C[C@@H](c3ncc(C)o3)C2)c1. The molecule has 3 atom stereocenters. The molecule has 2 N–H and O–H groups in total. The van der Waals surface area contributed by atoms with Crippen LogP contribution in [0.5, 0.6) is 0 Å². The van der Waals surface area contributed by atoms with E-state index in [0.717, 1.165) is 23.3 Å². The van der Waals surface area contributed by atoms with Crippen molar-refractivity contribution in [2.45, 2.75) is 51.7 Å². The molecule has 1 unspecified atom stereocenters. The molecule has 0 aliphatic heterocycles. The highest BCUT2D eigenvalue weighted by Gasteiger charge is 2.35. The van der Waals surface area contributed by atoms with Crippen molar-refractivity contribution in [3.8, 4) is 0 Å². The number of ether oxygens (including phenoxy) is 1. The maximum Gasteiger partial charge on any atom is 0.309 e. The summed E-state index contributed by atoms with van der Waals surface area (Å²) in [6.07, 6.45) is 3.84. The first-order valence-corrected chi connectivity index (χ1v) is 8.41. The van der Waals surface area contributed by atoms with Gasteiger partial charge in [-0.15, -0.1) is 0 Å². The average Bonchev–Trinajstić information content (AvgIpc) is 2.99. The standard InChI is InChI=1S/C19H24N2O3/c1-12-4-3-5-14(6-12)11-23-19(22)16-7-15(8-17(20)9-16)18-21-10-13(2)24-18/h3-6,10,15-17H,7-9,11,20H2,1-2H3/t15-,16?,17-/m0/s1. The van der Waals surface area contributed by atoms with Gasteiger partial charge in [0.1, 0.15) is 12.4 Å². The summed E-state index contributed by atoms with van der Waals surface area (Å²) in [5.41, 5.74) is 8.31. The Labute approximate surface area is 142 Å². The fraction of sp³-hybridized carbons (Fsp3) is 0.474. The third-order valence-electron chi connectivity index (χ3n) is 4.53. The predicted octanol–water partition coefficient (Wildman–Crippen LogP) is 3.25. The first-order chi connectivity index (χ1) is 11.5. The van der Waals surface area contributed by atoms with Crippen LogP contribution in [0.25, 0.3) is 0 Å². The second kappa shape index (κ2) is 7.18. The van der Waals surface area contributed by atoms with Crippen LogP contribution >= 0.6 is 0 Å². The third kappa shape index (κ3) is 4.03. The number of esters is 1. The van der Waals surface area contributed by atoms with Crippen LogP contribution in [0.1, 0.15) is 48.0 Å². The molecule has 0 radical (unpaired) electrons. The lowest BCUT2D eigenvalue weighted by molar-refractivity contribution is -0.151.